The molecule has 0 fully saturated rings. The highest BCUT2D eigenvalue weighted by atomic mass is 19.1. The first-order valence-electron chi connectivity index (χ1n) is 12.1. The van der Waals surface area contributed by atoms with Crippen LogP contribution in [0.4, 0.5) is 10.1 Å². The summed E-state index contributed by atoms with van der Waals surface area (Å²) >= 11 is 0. The van der Waals surface area contributed by atoms with Gasteiger partial charge in [0.25, 0.3) is 0 Å². The molecule has 3 aromatic carbocycles. The lowest BCUT2D eigenvalue weighted by atomic mass is 9.98. The molecule has 0 aliphatic rings. The first-order valence-corrected chi connectivity index (χ1v) is 12.1. The Hall–Kier alpha value is -3.97. The fourth-order valence-corrected chi connectivity index (χ4v) is 4.25. The number of fused-ring (bicyclic) bond motifs is 1. The highest BCUT2D eigenvalue weighted by molar-refractivity contribution is 6.21. The molecule has 0 bridgehead atoms. The van der Waals surface area contributed by atoms with Crippen LogP contribution in [0.5, 0.6) is 5.88 Å². The van der Waals surface area contributed by atoms with Gasteiger partial charge in [-0.05, 0) is 61.0 Å². The zero-order chi connectivity index (χ0) is 25.7. The number of aliphatic carboxylic acids is 1. The molecule has 6 nitrogen and oxygen atoms in total. The van der Waals surface area contributed by atoms with Crippen molar-refractivity contribution < 1.29 is 19.4 Å². The molecular formula is C29H30FN3O3. The maximum Gasteiger partial charge on any atom is 0.303 e. The highest BCUT2D eigenvalue weighted by Gasteiger charge is 2.19. The molecule has 3 N–H and O–H groups in total. The molecule has 0 saturated carbocycles. The van der Waals surface area contributed by atoms with Crippen molar-refractivity contribution in [1.29, 1.82) is 0 Å². The van der Waals surface area contributed by atoms with Crippen molar-refractivity contribution in [3.63, 3.8) is 0 Å². The zero-order valence-corrected chi connectivity index (χ0v) is 20.5. The van der Waals surface area contributed by atoms with E-state index in [1.165, 1.54) is 17.7 Å². The fourth-order valence-electron chi connectivity index (χ4n) is 4.25. The Labute approximate surface area is 209 Å². The third kappa shape index (κ3) is 5.80. The number of aromatic amines is 1. The number of nitrogens with zero attached hydrogens (tertiary/aromatic N) is 2. The summed E-state index contributed by atoms with van der Waals surface area (Å²) in [6.45, 7) is 7.09. The van der Waals surface area contributed by atoms with Crippen LogP contribution in [0, 0.1) is 5.82 Å². The number of aromatic hydroxyl groups is 1. The second-order valence-corrected chi connectivity index (χ2v) is 8.72. The first kappa shape index (κ1) is 25.1. The Morgan fingerprint density at radius 2 is 1.64 bits per heavy atom. The molecule has 0 saturated heterocycles. The van der Waals surface area contributed by atoms with Gasteiger partial charge < -0.3 is 15.2 Å². The molecule has 7 heteroatoms. The number of nitrogens with one attached hydrogen (secondary N) is 1. The van der Waals surface area contributed by atoms with Crippen molar-refractivity contribution in [2.24, 2.45) is 4.99 Å². The largest absolute Gasteiger partial charge is 0.494 e. The first-order chi connectivity index (χ1) is 17.4. The van der Waals surface area contributed by atoms with Crippen LogP contribution in [0.25, 0.3) is 10.9 Å². The number of aryl methyl sites for hydroxylation is 1. The molecular weight excluding hydrogens is 457 g/mol. The van der Waals surface area contributed by atoms with E-state index >= 15 is 0 Å². The minimum Gasteiger partial charge on any atom is -0.494 e. The summed E-state index contributed by atoms with van der Waals surface area (Å²) in [5.41, 5.74) is 5.05. The predicted octanol–water partition coefficient (Wildman–Crippen LogP) is 6.04. The third-order valence-corrected chi connectivity index (χ3v) is 6.31. The molecule has 4 rings (SSSR count). The summed E-state index contributed by atoms with van der Waals surface area (Å²) in [7, 11) is 0. The maximum atomic E-state index is 13.8. The van der Waals surface area contributed by atoms with Gasteiger partial charge in [0.2, 0.25) is 0 Å². The van der Waals surface area contributed by atoms with E-state index in [0.717, 1.165) is 36.4 Å². The highest BCUT2D eigenvalue weighted by Crippen LogP contribution is 2.32. The topological polar surface area (TPSA) is 88.9 Å². The minimum absolute atomic E-state index is 0.0505. The van der Waals surface area contributed by atoms with Crippen LogP contribution in [0.1, 0.15) is 42.5 Å². The summed E-state index contributed by atoms with van der Waals surface area (Å²) in [5.74, 6) is -1.34. The van der Waals surface area contributed by atoms with Crippen LogP contribution in [0.15, 0.2) is 71.7 Å². The number of rotatable bonds is 10. The SMILES string of the molecule is CCN(CC)Cc1ccc(N=C(c2ccc(CCC(=O)O)cc2)c2c(O)[nH]c3cc(F)ccc23)cc1. The van der Waals surface area contributed by atoms with Gasteiger partial charge in [0.15, 0.2) is 5.88 Å². The van der Waals surface area contributed by atoms with Crippen molar-refractivity contribution in [3.8, 4) is 5.88 Å². The number of carboxylic acid groups (broad SMARTS) is 1. The molecule has 0 radical (unpaired) electrons. The van der Waals surface area contributed by atoms with Crippen molar-refractivity contribution in [1.82, 2.24) is 9.88 Å². The lowest BCUT2D eigenvalue weighted by molar-refractivity contribution is -0.136. The van der Waals surface area contributed by atoms with E-state index in [0.29, 0.717) is 28.6 Å². The number of carbonyl (C=O) groups is 1. The van der Waals surface area contributed by atoms with Gasteiger partial charge in [-0.3, -0.25) is 9.69 Å². The molecule has 0 aliphatic heterocycles. The van der Waals surface area contributed by atoms with Crippen molar-refractivity contribution in [3.05, 3.63) is 94.8 Å². The van der Waals surface area contributed by atoms with Crippen molar-refractivity contribution in [2.45, 2.75) is 33.2 Å². The third-order valence-electron chi connectivity index (χ3n) is 6.31. The number of carboxylic acids is 1. The molecule has 0 amide bonds. The summed E-state index contributed by atoms with van der Waals surface area (Å²) in [5, 5.41) is 20.4. The molecule has 36 heavy (non-hydrogen) atoms. The van der Waals surface area contributed by atoms with Crippen LogP contribution in [0.2, 0.25) is 0 Å². The number of benzene rings is 3. The van der Waals surface area contributed by atoms with E-state index in [-0.39, 0.29) is 12.3 Å². The van der Waals surface area contributed by atoms with E-state index in [1.54, 1.807) is 6.07 Å². The van der Waals surface area contributed by atoms with Crippen LogP contribution >= 0.6 is 0 Å². The zero-order valence-electron chi connectivity index (χ0n) is 20.5. The van der Waals surface area contributed by atoms with Gasteiger partial charge in [0.05, 0.1) is 22.5 Å². The van der Waals surface area contributed by atoms with Gasteiger partial charge in [0.1, 0.15) is 5.82 Å². The Morgan fingerprint density at radius 1 is 0.972 bits per heavy atom. The number of hydrogen-bond donors (Lipinski definition) is 3. The van der Waals surface area contributed by atoms with Crippen LogP contribution in [-0.2, 0) is 17.8 Å². The number of hydrogen-bond acceptors (Lipinski definition) is 4. The molecule has 186 valence electrons. The predicted molar refractivity (Wildman–Crippen MR) is 141 cm³/mol. The second kappa shape index (κ2) is 11.2. The average Bonchev–Trinajstić information content (AvgIpc) is 3.20. The summed E-state index contributed by atoms with van der Waals surface area (Å²) in [6, 6.07) is 19.8. The van der Waals surface area contributed by atoms with E-state index in [2.05, 4.69) is 23.7 Å². The smallest absolute Gasteiger partial charge is 0.303 e. The quantitative estimate of drug-likeness (QED) is 0.238. The molecule has 4 aromatic rings. The van der Waals surface area contributed by atoms with Crippen LogP contribution < -0.4 is 0 Å². The van der Waals surface area contributed by atoms with Gasteiger partial charge in [-0.2, -0.15) is 0 Å². The van der Waals surface area contributed by atoms with Gasteiger partial charge in [-0.25, -0.2) is 9.38 Å². The standard InChI is InChI=1S/C29H30FN3O3/c1-3-33(4-2)18-20-7-13-23(14-8-20)31-28(21-10-5-19(6-11-21)9-16-26(34)35)27-24-15-12-22(30)17-25(24)32-29(27)36/h5-8,10-15,17,32,36H,3-4,9,16,18H2,1-2H3,(H,34,35). The van der Waals surface area contributed by atoms with Crippen LogP contribution in [0.3, 0.4) is 0 Å². The van der Waals surface area contributed by atoms with Crippen LogP contribution in [-0.4, -0.2) is 44.9 Å². The average molecular weight is 488 g/mol. The Kier molecular flexibility index (Phi) is 7.80. The number of aromatic nitrogens is 1. The lowest BCUT2D eigenvalue weighted by Gasteiger charge is -2.17. The Balaban J connectivity index is 1.76. The van der Waals surface area contributed by atoms with Crippen molar-refractivity contribution in [2.75, 3.05) is 13.1 Å². The number of halogens is 1. The Morgan fingerprint density at radius 3 is 2.28 bits per heavy atom. The van der Waals surface area contributed by atoms with E-state index < -0.39 is 11.8 Å². The summed E-state index contributed by atoms with van der Waals surface area (Å²) < 4.78 is 13.8. The number of aliphatic imine (C=N–C) groups is 1. The normalized spacial score (nSPS) is 11.9. The van der Waals surface area contributed by atoms with E-state index in [1.807, 2.05) is 48.5 Å². The maximum absolute atomic E-state index is 13.8. The number of H-pyrrole nitrogens is 1. The van der Waals surface area contributed by atoms with Gasteiger partial charge >= 0.3 is 5.97 Å². The van der Waals surface area contributed by atoms with E-state index in [9.17, 15) is 14.3 Å². The van der Waals surface area contributed by atoms with Crippen molar-refractivity contribution >= 4 is 28.3 Å². The Bertz CT molecular complexity index is 1370. The molecule has 0 unspecified atom stereocenters. The molecule has 1 heterocycles. The molecule has 0 atom stereocenters. The monoisotopic (exact) mass is 487 g/mol. The van der Waals surface area contributed by atoms with Gasteiger partial charge in [0, 0.05) is 23.9 Å². The van der Waals surface area contributed by atoms with E-state index in [4.69, 9.17) is 10.1 Å². The lowest BCUT2D eigenvalue weighted by Crippen LogP contribution is -2.21. The second-order valence-electron chi connectivity index (χ2n) is 8.72. The minimum atomic E-state index is -0.846. The molecule has 1 aromatic heterocycles. The fraction of sp³-hybridized carbons (Fsp3) is 0.241. The summed E-state index contributed by atoms with van der Waals surface area (Å²) in [6.07, 6.45) is 0.475. The summed E-state index contributed by atoms with van der Waals surface area (Å²) in [4.78, 5) is 21.0. The van der Waals surface area contributed by atoms with Gasteiger partial charge in [-0.15, -0.1) is 0 Å². The molecule has 0 aliphatic carbocycles. The molecule has 0 spiro atoms. The van der Waals surface area contributed by atoms with Gasteiger partial charge in [-0.1, -0.05) is 50.2 Å².